The first-order chi connectivity index (χ1) is 10.5. The first kappa shape index (κ1) is 16.7. The van der Waals surface area contributed by atoms with E-state index in [9.17, 15) is 4.79 Å². The third-order valence-corrected chi connectivity index (χ3v) is 3.95. The van der Waals surface area contributed by atoms with Crippen LogP contribution in [0.2, 0.25) is 10.0 Å². The number of aryl methyl sites for hydroxylation is 2. The van der Waals surface area contributed by atoms with Crippen molar-refractivity contribution in [2.45, 2.75) is 20.3 Å². The third kappa shape index (κ3) is 4.65. The van der Waals surface area contributed by atoms with Crippen molar-refractivity contribution in [3.8, 4) is 0 Å². The Bertz CT molecular complexity index is 686. The number of halogens is 2. The molecule has 0 radical (unpaired) electrons. The predicted molar refractivity (Wildman–Crippen MR) is 94.1 cm³/mol. The molecule has 0 fully saturated rings. The van der Waals surface area contributed by atoms with Crippen LogP contribution in [0.3, 0.4) is 0 Å². The summed E-state index contributed by atoms with van der Waals surface area (Å²) in [5.74, 6) is -0.0473. The van der Waals surface area contributed by atoms with Gasteiger partial charge in [0.1, 0.15) is 0 Å². The fraction of sp³-hybridized carbons (Fsp3) is 0.235. The molecule has 0 heterocycles. The topological polar surface area (TPSA) is 41.1 Å². The minimum absolute atomic E-state index is 0.0473. The number of hydrogen-bond donors (Lipinski definition) is 2. The molecule has 0 aromatic heterocycles. The summed E-state index contributed by atoms with van der Waals surface area (Å²) >= 11 is 12.0. The summed E-state index contributed by atoms with van der Waals surface area (Å²) in [6, 6.07) is 11.1. The van der Waals surface area contributed by atoms with Crippen LogP contribution in [-0.4, -0.2) is 12.5 Å². The summed E-state index contributed by atoms with van der Waals surface area (Å²) in [4.78, 5) is 11.9. The second kappa shape index (κ2) is 7.52. The smallest absolute Gasteiger partial charge is 0.226 e. The van der Waals surface area contributed by atoms with Crippen LogP contribution in [0, 0.1) is 13.8 Å². The van der Waals surface area contributed by atoms with Gasteiger partial charge >= 0.3 is 0 Å². The highest BCUT2D eigenvalue weighted by atomic mass is 35.5. The number of carbonyl (C=O) groups excluding carboxylic acids is 1. The standard InChI is InChI=1S/C17H18Cl2N2O/c1-11-3-5-14(9-12(11)2)21-17(22)7-8-20-16-10-13(18)4-6-15(16)19/h3-6,9-10,20H,7-8H2,1-2H3,(H,21,22). The van der Waals surface area contributed by atoms with Gasteiger partial charge in [0.05, 0.1) is 10.7 Å². The second-order valence-electron chi connectivity index (χ2n) is 5.15. The maximum absolute atomic E-state index is 11.9. The van der Waals surface area contributed by atoms with Gasteiger partial charge < -0.3 is 10.6 Å². The first-order valence-electron chi connectivity index (χ1n) is 7.02. The van der Waals surface area contributed by atoms with Crippen molar-refractivity contribution in [2.75, 3.05) is 17.2 Å². The van der Waals surface area contributed by atoms with Crippen molar-refractivity contribution in [3.63, 3.8) is 0 Å². The Morgan fingerprint density at radius 1 is 1.05 bits per heavy atom. The quantitative estimate of drug-likeness (QED) is 0.801. The van der Waals surface area contributed by atoms with Crippen molar-refractivity contribution in [3.05, 3.63) is 57.6 Å². The Hall–Kier alpha value is -1.71. The molecule has 116 valence electrons. The van der Waals surface area contributed by atoms with Gasteiger partial charge in [-0.3, -0.25) is 4.79 Å². The third-order valence-electron chi connectivity index (χ3n) is 3.39. The van der Waals surface area contributed by atoms with E-state index in [4.69, 9.17) is 23.2 Å². The van der Waals surface area contributed by atoms with Gasteiger partial charge in [-0.2, -0.15) is 0 Å². The minimum atomic E-state index is -0.0473. The largest absolute Gasteiger partial charge is 0.383 e. The Morgan fingerprint density at radius 2 is 1.82 bits per heavy atom. The molecule has 0 bridgehead atoms. The molecular formula is C17H18Cl2N2O. The van der Waals surface area contributed by atoms with Crippen LogP contribution in [0.5, 0.6) is 0 Å². The summed E-state index contributed by atoms with van der Waals surface area (Å²) in [5, 5.41) is 7.18. The lowest BCUT2D eigenvalue weighted by atomic mass is 10.1. The van der Waals surface area contributed by atoms with Crippen molar-refractivity contribution in [1.29, 1.82) is 0 Å². The number of benzene rings is 2. The normalized spacial score (nSPS) is 10.4. The van der Waals surface area contributed by atoms with E-state index >= 15 is 0 Å². The number of anilines is 2. The summed E-state index contributed by atoms with van der Waals surface area (Å²) < 4.78 is 0. The van der Waals surface area contributed by atoms with Gasteiger partial charge in [-0.15, -0.1) is 0 Å². The molecule has 0 aliphatic heterocycles. The molecule has 0 saturated heterocycles. The highest BCUT2D eigenvalue weighted by molar-refractivity contribution is 6.35. The van der Waals surface area contributed by atoms with Crippen LogP contribution in [0.1, 0.15) is 17.5 Å². The van der Waals surface area contributed by atoms with Gasteiger partial charge in [0.15, 0.2) is 0 Å². The van der Waals surface area contributed by atoms with Crippen LogP contribution >= 0.6 is 23.2 Å². The molecule has 2 N–H and O–H groups in total. The van der Waals surface area contributed by atoms with Crippen LogP contribution in [0.15, 0.2) is 36.4 Å². The lowest BCUT2D eigenvalue weighted by Crippen LogP contribution is -2.16. The van der Waals surface area contributed by atoms with Gasteiger partial charge in [-0.25, -0.2) is 0 Å². The van der Waals surface area contributed by atoms with Crippen LogP contribution in [0.4, 0.5) is 11.4 Å². The zero-order valence-corrected chi connectivity index (χ0v) is 14.1. The van der Waals surface area contributed by atoms with E-state index in [1.54, 1.807) is 18.2 Å². The summed E-state index contributed by atoms with van der Waals surface area (Å²) in [7, 11) is 0. The molecule has 0 spiro atoms. The maximum Gasteiger partial charge on any atom is 0.226 e. The Balaban J connectivity index is 1.85. The van der Waals surface area contributed by atoms with Crippen LogP contribution in [-0.2, 0) is 4.79 Å². The molecule has 2 rings (SSSR count). The SMILES string of the molecule is Cc1ccc(NC(=O)CCNc2cc(Cl)ccc2Cl)cc1C. The molecule has 0 aliphatic carbocycles. The van der Waals surface area contributed by atoms with Gasteiger partial charge in [-0.05, 0) is 55.3 Å². The van der Waals surface area contributed by atoms with Gasteiger partial charge in [-0.1, -0.05) is 29.3 Å². The number of rotatable bonds is 5. The number of carbonyl (C=O) groups is 1. The summed E-state index contributed by atoms with van der Waals surface area (Å²) in [5.41, 5.74) is 3.90. The molecule has 5 heteroatoms. The molecule has 2 aromatic rings. The molecule has 1 amide bonds. The molecule has 22 heavy (non-hydrogen) atoms. The maximum atomic E-state index is 11.9. The lowest BCUT2D eigenvalue weighted by molar-refractivity contribution is -0.115. The predicted octanol–water partition coefficient (Wildman–Crippen LogP) is 5.05. The molecule has 3 nitrogen and oxygen atoms in total. The monoisotopic (exact) mass is 336 g/mol. The summed E-state index contributed by atoms with van der Waals surface area (Å²) in [6.45, 7) is 4.55. The van der Waals surface area contributed by atoms with E-state index in [-0.39, 0.29) is 5.91 Å². The van der Waals surface area contributed by atoms with Gasteiger partial charge in [0.25, 0.3) is 0 Å². The zero-order chi connectivity index (χ0) is 16.1. The van der Waals surface area contributed by atoms with Crippen molar-refractivity contribution in [1.82, 2.24) is 0 Å². The van der Waals surface area contributed by atoms with Crippen molar-refractivity contribution < 1.29 is 4.79 Å². The Morgan fingerprint density at radius 3 is 2.55 bits per heavy atom. The fourth-order valence-corrected chi connectivity index (χ4v) is 2.34. The Kier molecular flexibility index (Phi) is 5.69. The minimum Gasteiger partial charge on any atom is -0.383 e. The van der Waals surface area contributed by atoms with E-state index in [0.29, 0.717) is 23.0 Å². The first-order valence-corrected chi connectivity index (χ1v) is 7.77. The molecule has 0 saturated carbocycles. The van der Waals surface area contributed by atoms with E-state index in [0.717, 1.165) is 16.9 Å². The number of hydrogen-bond acceptors (Lipinski definition) is 2. The molecule has 0 aliphatic rings. The van der Waals surface area contributed by atoms with E-state index in [1.165, 1.54) is 5.56 Å². The molecule has 0 unspecified atom stereocenters. The molecule has 2 aromatic carbocycles. The average molecular weight is 337 g/mol. The number of amides is 1. The highest BCUT2D eigenvalue weighted by Crippen LogP contribution is 2.25. The second-order valence-corrected chi connectivity index (χ2v) is 5.99. The summed E-state index contributed by atoms with van der Waals surface area (Å²) in [6.07, 6.45) is 0.343. The fourth-order valence-electron chi connectivity index (χ4n) is 1.99. The van der Waals surface area contributed by atoms with E-state index in [2.05, 4.69) is 10.6 Å². The lowest BCUT2D eigenvalue weighted by Gasteiger charge is -2.10. The number of nitrogens with one attached hydrogen (secondary N) is 2. The van der Waals surface area contributed by atoms with Crippen molar-refractivity contribution >= 4 is 40.5 Å². The van der Waals surface area contributed by atoms with E-state index < -0.39 is 0 Å². The van der Waals surface area contributed by atoms with Gasteiger partial charge in [0, 0.05) is 23.7 Å². The van der Waals surface area contributed by atoms with E-state index in [1.807, 2.05) is 32.0 Å². The Labute approximate surface area is 140 Å². The van der Waals surface area contributed by atoms with Crippen LogP contribution in [0.25, 0.3) is 0 Å². The van der Waals surface area contributed by atoms with Crippen molar-refractivity contribution in [2.24, 2.45) is 0 Å². The van der Waals surface area contributed by atoms with Crippen LogP contribution < -0.4 is 10.6 Å². The molecule has 0 atom stereocenters. The molecular weight excluding hydrogens is 319 g/mol. The highest BCUT2D eigenvalue weighted by Gasteiger charge is 2.05. The van der Waals surface area contributed by atoms with Gasteiger partial charge in [0.2, 0.25) is 5.91 Å². The average Bonchev–Trinajstić information content (AvgIpc) is 2.46. The zero-order valence-electron chi connectivity index (χ0n) is 12.5.